The van der Waals surface area contributed by atoms with Gasteiger partial charge in [0.05, 0.1) is 11.0 Å². The van der Waals surface area contributed by atoms with Crippen LogP contribution in [0.3, 0.4) is 0 Å². The molecule has 1 aliphatic carbocycles. The molecule has 0 radical (unpaired) electrons. The van der Waals surface area contributed by atoms with Gasteiger partial charge in [0.1, 0.15) is 5.76 Å². The van der Waals surface area contributed by atoms with Gasteiger partial charge < -0.3 is 14.7 Å². The maximum Gasteiger partial charge on any atom is 0.238 e. The van der Waals surface area contributed by atoms with Gasteiger partial charge in [-0.1, -0.05) is 24.9 Å². The molecule has 0 spiro atoms. The summed E-state index contributed by atoms with van der Waals surface area (Å²) >= 11 is 1.39. The highest BCUT2D eigenvalue weighted by Crippen LogP contribution is 2.39. The number of thioether (sulfide) groups is 1. The molecule has 1 saturated carbocycles. The van der Waals surface area contributed by atoms with Crippen molar-refractivity contribution in [3.63, 3.8) is 0 Å². The van der Waals surface area contributed by atoms with E-state index in [2.05, 4.69) is 22.3 Å². The summed E-state index contributed by atoms with van der Waals surface area (Å²) in [5.41, 5.74) is 0. The molecule has 1 N–H and O–H groups in total. The fraction of sp³-hybridized carbons (Fsp3) is 0.737. The number of carbonyl (C=O) groups is 2. The average Bonchev–Trinajstić information content (AvgIpc) is 3.04. The van der Waals surface area contributed by atoms with Crippen LogP contribution < -0.4 is 5.32 Å². The van der Waals surface area contributed by atoms with Crippen LogP contribution in [-0.2, 0) is 9.59 Å². The summed E-state index contributed by atoms with van der Waals surface area (Å²) < 4.78 is 4.95. The summed E-state index contributed by atoms with van der Waals surface area (Å²) in [5, 5.41) is 6.18. The van der Waals surface area contributed by atoms with E-state index in [1.54, 1.807) is 13.0 Å². The largest absolute Gasteiger partial charge is 0.360 e. The number of likely N-dealkylation sites (tertiary alicyclic amines) is 1. The van der Waals surface area contributed by atoms with Gasteiger partial charge in [-0.3, -0.25) is 9.59 Å². The van der Waals surface area contributed by atoms with E-state index in [4.69, 9.17) is 4.52 Å². The number of amides is 2. The molecule has 4 atom stereocenters. The Balaban J connectivity index is 1.50. The molecule has 2 amide bonds. The van der Waals surface area contributed by atoms with Crippen LogP contribution in [0.1, 0.15) is 51.7 Å². The molecule has 2 aliphatic rings. The van der Waals surface area contributed by atoms with E-state index in [9.17, 15) is 9.59 Å². The van der Waals surface area contributed by atoms with Crippen molar-refractivity contribution in [2.45, 2.75) is 64.2 Å². The number of aromatic nitrogens is 1. The molecule has 1 aromatic rings. The topological polar surface area (TPSA) is 75.4 Å². The monoisotopic (exact) mass is 379 g/mol. The molecule has 0 aromatic carbocycles. The molecule has 1 saturated heterocycles. The zero-order chi connectivity index (χ0) is 18.7. The number of piperidine rings is 1. The van der Waals surface area contributed by atoms with Crippen LogP contribution >= 0.6 is 11.8 Å². The fourth-order valence-electron chi connectivity index (χ4n) is 4.23. The van der Waals surface area contributed by atoms with Crippen molar-refractivity contribution in [3.8, 4) is 0 Å². The lowest BCUT2D eigenvalue weighted by atomic mass is 9.72. The summed E-state index contributed by atoms with van der Waals surface area (Å²) in [6, 6.07) is 2.08. The van der Waals surface area contributed by atoms with Crippen molar-refractivity contribution < 1.29 is 14.1 Å². The Bertz CT molecular complexity index is 648. The van der Waals surface area contributed by atoms with Crippen LogP contribution in [0.5, 0.6) is 0 Å². The van der Waals surface area contributed by atoms with Gasteiger partial charge in [-0.2, -0.15) is 0 Å². The molecule has 26 heavy (non-hydrogen) atoms. The number of fused-ring (bicyclic) bond motifs is 1. The van der Waals surface area contributed by atoms with E-state index in [-0.39, 0.29) is 17.1 Å². The van der Waals surface area contributed by atoms with E-state index in [0.29, 0.717) is 35.2 Å². The molecule has 144 valence electrons. The highest BCUT2D eigenvalue weighted by molar-refractivity contribution is 8.01. The molecule has 1 aromatic heterocycles. The number of anilines is 1. The Morgan fingerprint density at radius 2 is 2.15 bits per heavy atom. The smallest absolute Gasteiger partial charge is 0.238 e. The van der Waals surface area contributed by atoms with Gasteiger partial charge in [0.15, 0.2) is 5.82 Å². The summed E-state index contributed by atoms with van der Waals surface area (Å²) in [5.74, 6) is 2.81. The van der Waals surface area contributed by atoms with Gasteiger partial charge in [0, 0.05) is 18.7 Å². The predicted molar refractivity (Wildman–Crippen MR) is 103 cm³/mol. The van der Waals surface area contributed by atoms with Crippen LogP contribution in [0.2, 0.25) is 0 Å². The Labute approximate surface area is 159 Å². The first-order valence-corrected chi connectivity index (χ1v) is 10.7. The van der Waals surface area contributed by atoms with Crippen molar-refractivity contribution in [2.75, 3.05) is 17.6 Å². The average molecular weight is 380 g/mol. The number of nitrogens with zero attached hydrogens (tertiary/aromatic N) is 2. The Hall–Kier alpha value is -1.50. The third kappa shape index (κ3) is 4.42. The Kier molecular flexibility index (Phi) is 6.27. The van der Waals surface area contributed by atoms with E-state index in [1.165, 1.54) is 31.0 Å². The lowest BCUT2D eigenvalue weighted by Gasteiger charge is -2.47. The number of rotatable bonds is 5. The highest BCUT2D eigenvalue weighted by Gasteiger charge is 2.39. The third-order valence-corrected chi connectivity index (χ3v) is 6.89. The molecular weight excluding hydrogens is 350 g/mol. The van der Waals surface area contributed by atoms with E-state index in [0.717, 1.165) is 19.4 Å². The van der Waals surface area contributed by atoms with Crippen molar-refractivity contribution in [1.29, 1.82) is 0 Å². The number of hydrogen-bond donors (Lipinski definition) is 1. The first-order chi connectivity index (χ1) is 12.5. The zero-order valence-electron chi connectivity index (χ0n) is 15.9. The van der Waals surface area contributed by atoms with Gasteiger partial charge in [-0.05, 0) is 44.9 Å². The van der Waals surface area contributed by atoms with Gasteiger partial charge in [0.25, 0.3) is 0 Å². The molecule has 6 nitrogen and oxygen atoms in total. The second kappa shape index (κ2) is 8.46. The molecule has 7 heteroatoms. The van der Waals surface area contributed by atoms with Gasteiger partial charge in [-0.15, -0.1) is 11.8 Å². The first kappa shape index (κ1) is 19.3. The number of carbonyl (C=O) groups excluding carboxylic acids is 2. The number of nitrogens with one attached hydrogen (secondary N) is 1. The normalized spacial score (nSPS) is 26.9. The SMILES string of the molecule is Cc1cc(NC(=O)C(C)SCC(=O)N2CCC(C)C3CCCCC32)no1. The lowest BCUT2D eigenvalue weighted by Crippen LogP contribution is -2.53. The third-order valence-electron chi connectivity index (χ3n) is 5.76. The standard InChI is InChI=1S/C19H29N3O3S/c1-12-8-9-22(16-7-5-4-6-15(12)16)18(23)11-26-14(3)19(24)20-17-10-13(2)25-21-17/h10,12,14-16H,4-9,11H2,1-3H3,(H,20,21,24). The van der Waals surface area contributed by atoms with Crippen molar-refractivity contribution in [3.05, 3.63) is 11.8 Å². The molecule has 1 aliphatic heterocycles. The van der Waals surface area contributed by atoms with E-state index < -0.39 is 0 Å². The van der Waals surface area contributed by atoms with Gasteiger partial charge in [-0.25, -0.2) is 0 Å². The molecule has 2 fully saturated rings. The maximum absolute atomic E-state index is 12.8. The second-order valence-electron chi connectivity index (χ2n) is 7.63. The minimum atomic E-state index is -0.318. The molecule has 2 heterocycles. The molecular formula is C19H29N3O3S. The highest BCUT2D eigenvalue weighted by atomic mass is 32.2. The number of hydrogen-bond acceptors (Lipinski definition) is 5. The van der Waals surface area contributed by atoms with Crippen LogP contribution in [0.4, 0.5) is 5.82 Å². The van der Waals surface area contributed by atoms with Gasteiger partial charge in [0.2, 0.25) is 11.8 Å². The lowest BCUT2D eigenvalue weighted by molar-refractivity contribution is -0.136. The summed E-state index contributed by atoms with van der Waals surface area (Å²) in [6.45, 7) is 6.79. The van der Waals surface area contributed by atoms with Crippen LogP contribution in [0, 0.1) is 18.8 Å². The summed E-state index contributed by atoms with van der Waals surface area (Å²) in [4.78, 5) is 27.1. The minimum Gasteiger partial charge on any atom is -0.360 e. The van der Waals surface area contributed by atoms with Crippen LogP contribution in [-0.4, -0.2) is 45.5 Å². The molecule has 3 rings (SSSR count). The van der Waals surface area contributed by atoms with Gasteiger partial charge >= 0.3 is 0 Å². The Morgan fingerprint density at radius 3 is 2.88 bits per heavy atom. The maximum atomic E-state index is 12.8. The first-order valence-electron chi connectivity index (χ1n) is 9.61. The predicted octanol–water partition coefficient (Wildman–Crippen LogP) is 3.47. The molecule has 0 bridgehead atoms. The van der Waals surface area contributed by atoms with Crippen molar-refractivity contribution in [2.24, 2.45) is 11.8 Å². The van der Waals surface area contributed by atoms with Crippen LogP contribution in [0.15, 0.2) is 10.6 Å². The minimum absolute atomic E-state index is 0.154. The quantitative estimate of drug-likeness (QED) is 0.848. The zero-order valence-corrected chi connectivity index (χ0v) is 16.7. The fourth-order valence-corrected chi connectivity index (χ4v) is 5.00. The van der Waals surface area contributed by atoms with E-state index in [1.807, 2.05) is 6.92 Å². The summed E-state index contributed by atoms with van der Waals surface area (Å²) in [7, 11) is 0. The van der Waals surface area contributed by atoms with Crippen molar-refractivity contribution in [1.82, 2.24) is 10.1 Å². The van der Waals surface area contributed by atoms with Crippen LogP contribution in [0.25, 0.3) is 0 Å². The van der Waals surface area contributed by atoms with E-state index >= 15 is 0 Å². The number of aryl methyl sites for hydroxylation is 1. The second-order valence-corrected chi connectivity index (χ2v) is 8.96. The summed E-state index contributed by atoms with van der Waals surface area (Å²) in [6.07, 6.45) is 5.99. The molecule has 4 unspecified atom stereocenters. The van der Waals surface area contributed by atoms with Crippen molar-refractivity contribution >= 4 is 29.4 Å². The Morgan fingerprint density at radius 1 is 1.38 bits per heavy atom.